The zero-order valence-corrected chi connectivity index (χ0v) is 7.65. The molecule has 14 heavy (non-hydrogen) atoms. The number of carboxylic acid groups (broad SMARTS) is 1. The van der Waals surface area contributed by atoms with Crippen molar-refractivity contribution in [1.82, 2.24) is 4.98 Å². The van der Waals surface area contributed by atoms with Gasteiger partial charge >= 0.3 is 5.97 Å². The lowest BCUT2D eigenvalue weighted by Gasteiger charge is -2.06. The molecule has 74 valence electrons. The minimum atomic E-state index is -1.13. The number of nitrogens with one attached hydrogen (secondary N) is 1. The maximum absolute atomic E-state index is 10.4. The van der Waals surface area contributed by atoms with E-state index in [-0.39, 0.29) is 17.8 Å². The van der Waals surface area contributed by atoms with E-state index in [1.54, 1.807) is 0 Å². The molecule has 0 radical (unpaired) electrons. The summed E-state index contributed by atoms with van der Waals surface area (Å²) in [5.41, 5.74) is -0.139. The van der Waals surface area contributed by atoms with Gasteiger partial charge in [-0.25, -0.2) is 4.79 Å². The van der Waals surface area contributed by atoms with Crippen molar-refractivity contribution in [1.29, 1.82) is 0 Å². The van der Waals surface area contributed by atoms with E-state index < -0.39 is 5.97 Å². The molecule has 0 saturated carbocycles. The Hall–Kier alpha value is -1.96. The minimum absolute atomic E-state index is 0.132. The van der Waals surface area contributed by atoms with Crippen LogP contribution in [0, 0.1) is 12.3 Å². The van der Waals surface area contributed by atoms with Crippen LogP contribution < -0.4 is 5.32 Å². The Kier molecular flexibility index (Phi) is 3.13. The van der Waals surface area contributed by atoms with Crippen molar-refractivity contribution in [3.05, 3.63) is 12.0 Å². The molecule has 5 nitrogen and oxygen atoms in total. The number of aromatic nitrogens is 1. The van der Waals surface area contributed by atoms with Gasteiger partial charge in [-0.1, -0.05) is 12.8 Å². The number of terminal acetylenes is 1. The molecular weight excluding hydrogens is 184 g/mol. The van der Waals surface area contributed by atoms with Gasteiger partial charge < -0.3 is 14.8 Å². The van der Waals surface area contributed by atoms with Crippen LogP contribution in [0.2, 0.25) is 0 Å². The molecule has 1 heterocycles. The molecule has 0 spiro atoms. The summed E-state index contributed by atoms with van der Waals surface area (Å²) in [4.78, 5) is 14.1. The predicted octanol–water partition coefficient (Wildman–Crippen LogP) is 1.20. The van der Waals surface area contributed by atoms with Gasteiger partial charge in [-0.2, -0.15) is 4.98 Å². The summed E-state index contributed by atoms with van der Waals surface area (Å²) in [5.74, 6) is 1.35. The number of aromatic carboxylic acids is 1. The van der Waals surface area contributed by atoms with Gasteiger partial charge in [0.25, 0.3) is 6.01 Å². The van der Waals surface area contributed by atoms with Crippen molar-refractivity contribution in [3.63, 3.8) is 0 Å². The van der Waals surface area contributed by atoms with Crippen LogP contribution >= 0.6 is 0 Å². The zero-order valence-electron chi connectivity index (χ0n) is 7.65. The number of carboxylic acids is 1. The topological polar surface area (TPSA) is 75.4 Å². The molecule has 1 aromatic heterocycles. The molecular formula is C9H10N2O3. The molecule has 0 fully saturated rings. The lowest BCUT2D eigenvalue weighted by atomic mass is 10.2. The second kappa shape index (κ2) is 4.33. The standard InChI is InChI=1S/C9H10N2O3/c1-3-6(4-2)10-9-11-7(5-14-9)8(12)13/h1,5-6H,4H2,2H3,(H,10,11)(H,12,13). The van der Waals surface area contributed by atoms with E-state index in [1.165, 1.54) is 0 Å². The van der Waals surface area contributed by atoms with E-state index in [2.05, 4.69) is 16.2 Å². The first-order valence-corrected chi connectivity index (χ1v) is 4.08. The van der Waals surface area contributed by atoms with Crippen molar-refractivity contribution in [3.8, 4) is 12.3 Å². The molecule has 1 aromatic rings. The summed E-state index contributed by atoms with van der Waals surface area (Å²) in [6, 6.07) is -0.0671. The zero-order chi connectivity index (χ0) is 10.6. The minimum Gasteiger partial charge on any atom is -0.476 e. The number of carbonyl (C=O) groups is 1. The monoisotopic (exact) mass is 194 g/mol. The van der Waals surface area contributed by atoms with Gasteiger partial charge in [0.05, 0.1) is 6.04 Å². The molecule has 0 bridgehead atoms. The van der Waals surface area contributed by atoms with Crippen LogP contribution in [-0.4, -0.2) is 22.1 Å². The number of hydrogen-bond acceptors (Lipinski definition) is 4. The molecule has 5 heteroatoms. The Bertz CT molecular complexity index is 364. The van der Waals surface area contributed by atoms with Crippen LogP contribution in [0.5, 0.6) is 0 Å². The fourth-order valence-corrected chi connectivity index (χ4v) is 0.849. The van der Waals surface area contributed by atoms with Crippen LogP contribution in [0.15, 0.2) is 10.7 Å². The van der Waals surface area contributed by atoms with Crippen LogP contribution in [0.25, 0.3) is 0 Å². The highest BCUT2D eigenvalue weighted by Crippen LogP contribution is 2.09. The van der Waals surface area contributed by atoms with Crippen molar-refractivity contribution in [2.24, 2.45) is 0 Å². The van der Waals surface area contributed by atoms with Crippen LogP contribution in [0.4, 0.5) is 6.01 Å². The maximum Gasteiger partial charge on any atom is 0.357 e. The van der Waals surface area contributed by atoms with Gasteiger partial charge in [0.1, 0.15) is 6.26 Å². The van der Waals surface area contributed by atoms with E-state index in [4.69, 9.17) is 15.9 Å². The molecule has 0 amide bonds. The second-order valence-electron chi connectivity index (χ2n) is 2.61. The first-order chi connectivity index (χ1) is 6.67. The van der Waals surface area contributed by atoms with Crippen molar-refractivity contribution in [2.45, 2.75) is 19.4 Å². The lowest BCUT2D eigenvalue weighted by Crippen LogP contribution is -2.15. The van der Waals surface area contributed by atoms with Gasteiger partial charge in [0.2, 0.25) is 0 Å². The van der Waals surface area contributed by atoms with E-state index in [1.807, 2.05) is 6.92 Å². The molecule has 0 aromatic carbocycles. The van der Waals surface area contributed by atoms with Gasteiger partial charge in [-0.05, 0) is 6.42 Å². The third kappa shape index (κ3) is 2.26. The van der Waals surface area contributed by atoms with E-state index in [9.17, 15) is 4.79 Å². The Labute approximate surface area is 81.1 Å². The summed E-state index contributed by atoms with van der Waals surface area (Å²) in [6.45, 7) is 1.90. The summed E-state index contributed by atoms with van der Waals surface area (Å²) in [6.07, 6.45) is 6.97. The van der Waals surface area contributed by atoms with Crippen LogP contribution in [0.3, 0.4) is 0 Å². The van der Waals surface area contributed by atoms with Crippen molar-refractivity contribution >= 4 is 12.0 Å². The van der Waals surface area contributed by atoms with Crippen LogP contribution in [-0.2, 0) is 0 Å². The number of oxazole rings is 1. The Balaban J connectivity index is 2.69. The highest BCUT2D eigenvalue weighted by Gasteiger charge is 2.11. The summed E-state index contributed by atoms with van der Waals surface area (Å²) in [7, 11) is 0. The summed E-state index contributed by atoms with van der Waals surface area (Å²) >= 11 is 0. The van der Waals surface area contributed by atoms with Gasteiger partial charge in [-0.15, -0.1) is 6.42 Å². The molecule has 0 aliphatic carbocycles. The summed E-state index contributed by atoms with van der Waals surface area (Å²) in [5, 5.41) is 11.3. The Morgan fingerprint density at radius 1 is 1.93 bits per heavy atom. The number of hydrogen-bond donors (Lipinski definition) is 2. The lowest BCUT2D eigenvalue weighted by molar-refractivity contribution is 0.0690. The molecule has 1 unspecified atom stereocenters. The van der Waals surface area contributed by atoms with Crippen molar-refractivity contribution < 1.29 is 14.3 Å². The third-order valence-electron chi connectivity index (χ3n) is 1.63. The molecule has 1 rings (SSSR count). The highest BCUT2D eigenvalue weighted by molar-refractivity contribution is 5.85. The Morgan fingerprint density at radius 2 is 2.64 bits per heavy atom. The van der Waals surface area contributed by atoms with Gasteiger partial charge in [0, 0.05) is 0 Å². The number of rotatable bonds is 4. The molecule has 0 aliphatic heterocycles. The first-order valence-electron chi connectivity index (χ1n) is 4.08. The molecule has 0 aliphatic rings. The maximum atomic E-state index is 10.4. The smallest absolute Gasteiger partial charge is 0.357 e. The van der Waals surface area contributed by atoms with Crippen molar-refractivity contribution in [2.75, 3.05) is 5.32 Å². The average molecular weight is 194 g/mol. The fraction of sp³-hybridized carbons (Fsp3) is 0.333. The third-order valence-corrected chi connectivity index (χ3v) is 1.63. The van der Waals surface area contributed by atoms with E-state index in [0.29, 0.717) is 6.42 Å². The highest BCUT2D eigenvalue weighted by atomic mass is 16.4. The molecule has 1 atom stereocenters. The largest absolute Gasteiger partial charge is 0.476 e. The SMILES string of the molecule is C#CC(CC)Nc1nc(C(=O)O)co1. The first kappa shape index (κ1) is 10.1. The van der Waals surface area contributed by atoms with E-state index >= 15 is 0 Å². The average Bonchev–Trinajstić information content (AvgIpc) is 2.62. The Morgan fingerprint density at radius 3 is 3.07 bits per heavy atom. The molecule has 0 saturated heterocycles. The van der Waals surface area contributed by atoms with Gasteiger partial charge in [-0.3, -0.25) is 0 Å². The second-order valence-corrected chi connectivity index (χ2v) is 2.61. The number of nitrogens with zero attached hydrogens (tertiary/aromatic N) is 1. The normalized spacial score (nSPS) is 11.7. The fourth-order valence-electron chi connectivity index (χ4n) is 0.849. The quantitative estimate of drug-likeness (QED) is 0.704. The number of anilines is 1. The van der Waals surface area contributed by atoms with Crippen LogP contribution in [0.1, 0.15) is 23.8 Å². The van der Waals surface area contributed by atoms with Gasteiger partial charge in [0.15, 0.2) is 5.69 Å². The predicted molar refractivity (Wildman–Crippen MR) is 50.0 cm³/mol. The van der Waals surface area contributed by atoms with E-state index in [0.717, 1.165) is 6.26 Å². The summed E-state index contributed by atoms with van der Waals surface area (Å²) < 4.78 is 4.86. The molecule has 2 N–H and O–H groups in total.